The first-order valence-electron chi connectivity index (χ1n) is 8.28. The molecule has 1 aliphatic rings. The van der Waals surface area contributed by atoms with Crippen molar-refractivity contribution in [1.29, 1.82) is 0 Å². The molecule has 24 heavy (non-hydrogen) atoms. The molecule has 1 saturated heterocycles. The Labute approximate surface area is 150 Å². The molecular formula is C18H21BrN4O. The highest BCUT2D eigenvalue weighted by Crippen LogP contribution is 2.23. The van der Waals surface area contributed by atoms with E-state index in [-0.39, 0.29) is 5.91 Å². The van der Waals surface area contributed by atoms with Gasteiger partial charge in [-0.2, -0.15) is 0 Å². The molecule has 1 aromatic carbocycles. The van der Waals surface area contributed by atoms with Crippen LogP contribution in [0.3, 0.4) is 0 Å². The molecule has 1 amide bonds. The summed E-state index contributed by atoms with van der Waals surface area (Å²) in [6.07, 6.45) is 5.98. The van der Waals surface area contributed by atoms with Crippen LogP contribution < -0.4 is 5.32 Å². The lowest BCUT2D eigenvalue weighted by molar-refractivity contribution is 0.0755. The molecule has 1 aliphatic heterocycles. The van der Waals surface area contributed by atoms with Gasteiger partial charge >= 0.3 is 0 Å². The highest BCUT2D eigenvalue weighted by atomic mass is 79.9. The van der Waals surface area contributed by atoms with Crippen LogP contribution in [0.25, 0.3) is 0 Å². The van der Waals surface area contributed by atoms with E-state index in [1.54, 1.807) is 6.07 Å². The Morgan fingerprint density at radius 2 is 1.88 bits per heavy atom. The first-order valence-corrected chi connectivity index (χ1v) is 9.07. The van der Waals surface area contributed by atoms with E-state index < -0.39 is 0 Å². The third-order valence-electron chi connectivity index (χ3n) is 4.23. The van der Waals surface area contributed by atoms with Crippen molar-refractivity contribution < 1.29 is 4.79 Å². The summed E-state index contributed by atoms with van der Waals surface area (Å²) in [4.78, 5) is 23.0. The van der Waals surface area contributed by atoms with Crippen LogP contribution in [0.15, 0.2) is 35.1 Å². The van der Waals surface area contributed by atoms with E-state index in [0.29, 0.717) is 11.5 Å². The van der Waals surface area contributed by atoms with Gasteiger partial charge in [0.1, 0.15) is 17.8 Å². The number of carbonyl (C=O) groups excluding carboxylic acids is 1. The average molecular weight is 389 g/mol. The SMILES string of the molecule is Cc1cc(Br)ccc1Nc1cc(C(=O)N2CCCCCC2)ncn1. The number of hydrogen-bond acceptors (Lipinski definition) is 4. The minimum Gasteiger partial charge on any atom is -0.340 e. The van der Waals surface area contributed by atoms with Gasteiger partial charge in [-0.15, -0.1) is 0 Å². The summed E-state index contributed by atoms with van der Waals surface area (Å²) >= 11 is 3.46. The van der Waals surface area contributed by atoms with Gasteiger partial charge in [-0.05, 0) is 43.5 Å². The van der Waals surface area contributed by atoms with E-state index in [1.807, 2.05) is 30.0 Å². The Morgan fingerprint density at radius 3 is 2.58 bits per heavy atom. The lowest BCUT2D eigenvalue weighted by Crippen LogP contribution is -2.32. The number of amides is 1. The van der Waals surface area contributed by atoms with Crippen LogP contribution >= 0.6 is 15.9 Å². The van der Waals surface area contributed by atoms with Gasteiger partial charge in [0, 0.05) is 29.3 Å². The number of nitrogens with one attached hydrogen (secondary N) is 1. The summed E-state index contributed by atoms with van der Waals surface area (Å²) < 4.78 is 1.03. The van der Waals surface area contributed by atoms with Crippen LogP contribution in [0.2, 0.25) is 0 Å². The quantitative estimate of drug-likeness (QED) is 0.850. The first-order chi connectivity index (χ1) is 11.6. The number of hydrogen-bond donors (Lipinski definition) is 1. The second kappa shape index (κ2) is 7.75. The molecule has 1 aromatic heterocycles. The lowest BCUT2D eigenvalue weighted by Gasteiger charge is -2.19. The Hall–Kier alpha value is -1.95. The third kappa shape index (κ3) is 4.12. The largest absolute Gasteiger partial charge is 0.340 e. The molecule has 0 unspecified atom stereocenters. The van der Waals surface area contributed by atoms with E-state index in [1.165, 1.54) is 19.2 Å². The summed E-state index contributed by atoms with van der Waals surface area (Å²) in [6, 6.07) is 7.72. The van der Waals surface area contributed by atoms with Gasteiger partial charge in [-0.1, -0.05) is 28.8 Å². The number of benzene rings is 1. The molecular weight excluding hydrogens is 368 g/mol. The zero-order valence-corrected chi connectivity index (χ0v) is 15.3. The number of likely N-dealkylation sites (tertiary alicyclic amines) is 1. The molecule has 6 heteroatoms. The van der Waals surface area contributed by atoms with E-state index in [9.17, 15) is 4.79 Å². The van der Waals surface area contributed by atoms with Gasteiger partial charge in [-0.3, -0.25) is 4.79 Å². The number of anilines is 2. The van der Waals surface area contributed by atoms with E-state index in [2.05, 4.69) is 31.2 Å². The van der Waals surface area contributed by atoms with Crippen molar-refractivity contribution in [3.05, 3.63) is 46.3 Å². The van der Waals surface area contributed by atoms with Crippen LogP contribution in [0.1, 0.15) is 41.7 Å². The van der Waals surface area contributed by atoms with Crippen molar-refractivity contribution in [2.24, 2.45) is 0 Å². The van der Waals surface area contributed by atoms with Gasteiger partial charge in [0.2, 0.25) is 0 Å². The second-order valence-electron chi connectivity index (χ2n) is 6.08. The molecule has 0 spiro atoms. The van der Waals surface area contributed by atoms with Crippen molar-refractivity contribution >= 4 is 33.3 Å². The van der Waals surface area contributed by atoms with Crippen molar-refractivity contribution in [3.8, 4) is 0 Å². The molecule has 0 bridgehead atoms. The van der Waals surface area contributed by atoms with Crippen LogP contribution in [0.5, 0.6) is 0 Å². The number of rotatable bonds is 3. The third-order valence-corrected chi connectivity index (χ3v) is 4.72. The Balaban J connectivity index is 1.77. The van der Waals surface area contributed by atoms with Gasteiger partial charge in [0.05, 0.1) is 0 Å². The molecule has 0 aliphatic carbocycles. The Morgan fingerprint density at radius 1 is 1.12 bits per heavy atom. The summed E-state index contributed by atoms with van der Waals surface area (Å²) in [5.74, 6) is 0.628. The maximum atomic E-state index is 12.7. The topological polar surface area (TPSA) is 58.1 Å². The predicted octanol–water partition coefficient (Wildman–Crippen LogP) is 4.31. The first kappa shape index (κ1) is 16.9. The van der Waals surface area contributed by atoms with E-state index in [0.717, 1.165) is 41.7 Å². The zero-order valence-electron chi connectivity index (χ0n) is 13.8. The predicted molar refractivity (Wildman–Crippen MR) is 98.6 cm³/mol. The lowest BCUT2D eigenvalue weighted by atomic mass is 10.2. The number of nitrogens with zero attached hydrogens (tertiary/aromatic N) is 3. The van der Waals surface area contributed by atoms with Crippen molar-refractivity contribution in [3.63, 3.8) is 0 Å². The van der Waals surface area contributed by atoms with Crippen LogP contribution in [0, 0.1) is 6.92 Å². The van der Waals surface area contributed by atoms with Crippen molar-refractivity contribution in [1.82, 2.24) is 14.9 Å². The fourth-order valence-electron chi connectivity index (χ4n) is 2.88. The molecule has 126 valence electrons. The average Bonchev–Trinajstić information content (AvgIpc) is 2.86. The van der Waals surface area contributed by atoms with E-state index in [4.69, 9.17) is 0 Å². The van der Waals surface area contributed by atoms with Crippen LogP contribution in [-0.4, -0.2) is 33.9 Å². The second-order valence-corrected chi connectivity index (χ2v) is 6.99. The normalized spacial score (nSPS) is 15.0. The van der Waals surface area contributed by atoms with Gasteiger partial charge in [0.25, 0.3) is 5.91 Å². The van der Waals surface area contributed by atoms with Crippen molar-refractivity contribution in [2.45, 2.75) is 32.6 Å². The Bertz CT molecular complexity index is 727. The zero-order chi connectivity index (χ0) is 16.9. The fraction of sp³-hybridized carbons (Fsp3) is 0.389. The highest BCUT2D eigenvalue weighted by molar-refractivity contribution is 9.10. The molecule has 2 heterocycles. The van der Waals surface area contributed by atoms with Gasteiger partial charge < -0.3 is 10.2 Å². The maximum absolute atomic E-state index is 12.7. The summed E-state index contributed by atoms with van der Waals surface area (Å²) in [7, 11) is 0. The molecule has 1 fully saturated rings. The summed E-state index contributed by atoms with van der Waals surface area (Å²) in [6.45, 7) is 3.66. The smallest absolute Gasteiger partial charge is 0.272 e. The molecule has 0 atom stereocenters. The minimum absolute atomic E-state index is 0.00474. The molecule has 2 aromatic rings. The molecule has 5 nitrogen and oxygen atoms in total. The standard InChI is InChI=1S/C18H21BrN4O/c1-13-10-14(19)6-7-15(13)22-17-11-16(20-12-21-17)18(24)23-8-4-2-3-5-9-23/h6-7,10-12H,2-5,8-9H2,1H3,(H,20,21,22). The summed E-state index contributed by atoms with van der Waals surface area (Å²) in [5, 5.41) is 3.27. The van der Waals surface area contributed by atoms with Gasteiger partial charge in [0.15, 0.2) is 0 Å². The molecule has 0 saturated carbocycles. The molecule has 3 rings (SSSR count). The molecule has 1 N–H and O–H groups in total. The Kier molecular flexibility index (Phi) is 5.45. The van der Waals surface area contributed by atoms with Crippen LogP contribution in [0.4, 0.5) is 11.5 Å². The van der Waals surface area contributed by atoms with Crippen molar-refractivity contribution in [2.75, 3.05) is 18.4 Å². The van der Waals surface area contributed by atoms with Gasteiger partial charge in [-0.25, -0.2) is 9.97 Å². The summed E-state index contributed by atoms with van der Waals surface area (Å²) in [5.41, 5.74) is 2.51. The monoisotopic (exact) mass is 388 g/mol. The highest BCUT2D eigenvalue weighted by Gasteiger charge is 2.19. The number of aryl methyl sites for hydroxylation is 1. The maximum Gasteiger partial charge on any atom is 0.272 e. The minimum atomic E-state index is -0.00474. The van der Waals surface area contributed by atoms with Crippen LogP contribution in [-0.2, 0) is 0 Å². The number of halogens is 1. The fourth-order valence-corrected chi connectivity index (χ4v) is 3.36. The van der Waals surface area contributed by atoms with E-state index >= 15 is 0 Å². The number of aromatic nitrogens is 2. The molecule has 0 radical (unpaired) electrons. The number of carbonyl (C=O) groups is 1.